The summed E-state index contributed by atoms with van der Waals surface area (Å²) in [6.45, 7) is 4.48. The number of rotatable bonds is 10. The summed E-state index contributed by atoms with van der Waals surface area (Å²) in [6, 6.07) is 0. The van der Waals surface area contributed by atoms with Crippen molar-refractivity contribution < 1.29 is 14.9 Å². The minimum absolute atomic E-state index is 0.123. The number of aliphatic hydroxyl groups is 2. The van der Waals surface area contributed by atoms with Crippen molar-refractivity contribution in [1.29, 1.82) is 0 Å². The molecule has 0 radical (unpaired) electrons. The Labute approximate surface area is 92.2 Å². The number of nitrogens with zero attached hydrogens (tertiary/aromatic N) is 2. The van der Waals surface area contributed by atoms with Crippen LogP contribution in [0.25, 0.3) is 0 Å². The van der Waals surface area contributed by atoms with Crippen LogP contribution in [0.15, 0.2) is 0 Å². The van der Waals surface area contributed by atoms with E-state index in [9.17, 15) is 0 Å². The average Bonchev–Trinajstić information content (AvgIpc) is 2.17. The standard InChI is InChI=1S/C10H24N2O3/c1-11(2)5-9-15-10-6-12(3-7-13)4-8-14/h13-14H,3-10H2,1-2H3. The first kappa shape index (κ1) is 14.8. The predicted octanol–water partition coefficient (Wildman–Crippen LogP) is -1.15. The van der Waals surface area contributed by atoms with Crippen LogP contribution in [0.4, 0.5) is 0 Å². The summed E-state index contributed by atoms with van der Waals surface area (Å²) in [6.07, 6.45) is 0. The van der Waals surface area contributed by atoms with E-state index in [0.717, 1.165) is 19.7 Å². The van der Waals surface area contributed by atoms with E-state index < -0.39 is 0 Å². The first-order chi connectivity index (χ1) is 7.20. The van der Waals surface area contributed by atoms with Crippen LogP contribution in [0.1, 0.15) is 0 Å². The molecule has 5 nitrogen and oxygen atoms in total. The normalized spacial score (nSPS) is 11.6. The molecule has 0 aliphatic rings. The third kappa shape index (κ3) is 10.1. The molecule has 0 fully saturated rings. The van der Waals surface area contributed by atoms with Crippen molar-refractivity contribution in [3.63, 3.8) is 0 Å². The molecule has 0 aromatic heterocycles. The Hall–Kier alpha value is -0.200. The Morgan fingerprint density at radius 1 is 0.867 bits per heavy atom. The second-order valence-electron chi connectivity index (χ2n) is 3.70. The molecule has 2 N–H and O–H groups in total. The van der Waals surface area contributed by atoms with E-state index in [0.29, 0.717) is 19.7 Å². The first-order valence-corrected chi connectivity index (χ1v) is 5.37. The Morgan fingerprint density at radius 2 is 1.40 bits per heavy atom. The maximum Gasteiger partial charge on any atom is 0.0594 e. The van der Waals surface area contributed by atoms with E-state index in [1.807, 2.05) is 19.0 Å². The van der Waals surface area contributed by atoms with Crippen molar-refractivity contribution in [2.24, 2.45) is 0 Å². The number of aliphatic hydroxyl groups excluding tert-OH is 2. The maximum absolute atomic E-state index is 8.77. The molecule has 0 aromatic carbocycles. The van der Waals surface area contributed by atoms with E-state index in [2.05, 4.69) is 4.90 Å². The summed E-state index contributed by atoms with van der Waals surface area (Å²) in [5, 5.41) is 17.5. The van der Waals surface area contributed by atoms with E-state index >= 15 is 0 Å². The monoisotopic (exact) mass is 220 g/mol. The summed E-state index contributed by atoms with van der Waals surface area (Å²) >= 11 is 0. The highest BCUT2D eigenvalue weighted by molar-refractivity contribution is 4.55. The highest BCUT2D eigenvalue weighted by atomic mass is 16.5. The van der Waals surface area contributed by atoms with Crippen molar-refractivity contribution in [2.45, 2.75) is 0 Å². The lowest BCUT2D eigenvalue weighted by molar-refractivity contribution is 0.0792. The van der Waals surface area contributed by atoms with Gasteiger partial charge in [0.1, 0.15) is 0 Å². The van der Waals surface area contributed by atoms with Crippen molar-refractivity contribution in [3.8, 4) is 0 Å². The van der Waals surface area contributed by atoms with Gasteiger partial charge in [0.25, 0.3) is 0 Å². The number of ether oxygens (including phenoxy) is 1. The molecule has 0 unspecified atom stereocenters. The fourth-order valence-corrected chi connectivity index (χ4v) is 1.16. The molecule has 0 aliphatic heterocycles. The molecule has 0 aromatic rings. The second-order valence-corrected chi connectivity index (χ2v) is 3.70. The van der Waals surface area contributed by atoms with Gasteiger partial charge in [-0.15, -0.1) is 0 Å². The Balaban J connectivity index is 3.36. The molecule has 0 saturated carbocycles. The Bertz CT molecular complexity index is 128. The van der Waals surface area contributed by atoms with Crippen molar-refractivity contribution >= 4 is 0 Å². The first-order valence-electron chi connectivity index (χ1n) is 5.37. The third-order valence-corrected chi connectivity index (χ3v) is 2.07. The maximum atomic E-state index is 8.77. The molecular formula is C10H24N2O3. The van der Waals surface area contributed by atoms with Crippen molar-refractivity contribution in [3.05, 3.63) is 0 Å². The number of hydrogen-bond donors (Lipinski definition) is 2. The van der Waals surface area contributed by atoms with Crippen molar-refractivity contribution in [2.75, 3.05) is 66.7 Å². The lowest BCUT2D eigenvalue weighted by Gasteiger charge is -2.20. The molecule has 0 amide bonds. The minimum Gasteiger partial charge on any atom is -0.395 e. The van der Waals surface area contributed by atoms with Crippen LogP contribution < -0.4 is 0 Å². The van der Waals surface area contributed by atoms with Gasteiger partial charge in [0.05, 0.1) is 26.4 Å². The lowest BCUT2D eigenvalue weighted by Crippen LogP contribution is -2.33. The number of hydrogen-bond acceptors (Lipinski definition) is 5. The quantitative estimate of drug-likeness (QED) is 0.455. The molecule has 0 atom stereocenters. The van der Waals surface area contributed by atoms with Crippen LogP contribution in [0.2, 0.25) is 0 Å². The van der Waals surface area contributed by atoms with E-state index in [-0.39, 0.29) is 13.2 Å². The van der Waals surface area contributed by atoms with Crippen LogP contribution in [-0.4, -0.2) is 86.7 Å². The highest BCUT2D eigenvalue weighted by Gasteiger charge is 2.02. The zero-order valence-electron chi connectivity index (χ0n) is 9.85. The van der Waals surface area contributed by atoms with Gasteiger partial charge in [0.15, 0.2) is 0 Å². The van der Waals surface area contributed by atoms with Gasteiger partial charge in [-0.25, -0.2) is 0 Å². The molecule has 0 aliphatic carbocycles. The molecule has 15 heavy (non-hydrogen) atoms. The Morgan fingerprint density at radius 3 is 1.87 bits per heavy atom. The van der Waals surface area contributed by atoms with Gasteiger partial charge in [-0.2, -0.15) is 0 Å². The van der Waals surface area contributed by atoms with Gasteiger partial charge in [-0.1, -0.05) is 0 Å². The summed E-state index contributed by atoms with van der Waals surface area (Å²) in [4.78, 5) is 4.05. The van der Waals surface area contributed by atoms with Crippen LogP contribution in [-0.2, 0) is 4.74 Å². The van der Waals surface area contributed by atoms with Crippen LogP contribution >= 0.6 is 0 Å². The minimum atomic E-state index is 0.123. The summed E-state index contributed by atoms with van der Waals surface area (Å²) in [5.41, 5.74) is 0. The zero-order valence-corrected chi connectivity index (χ0v) is 9.85. The van der Waals surface area contributed by atoms with Gasteiger partial charge >= 0.3 is 0 Å². The fraction of sp³-hybridized carbons (Fsp3) is 1.00. The van der Waals surface area contributed by atoms with Gasteiger partial charge in [-0.05, 0) is 14.1 Å². The van der Waals surface area contributed by atoms with Gasteiger partial charge < -0.3 is 19.8 Å². The van der Waals surface area contributed by atoms with Crippen LogP contribution in [0.5, 0.6) is 0 Å². The predicted molar refractivity (Wildman–Crippen MR) is 60.0 cm³/mol. The van der Waals surface area contributed by atoms with E-state index in [1.165, 1.54) is 0 Å². The summed E-state index contributed by atoms with van der Waals surface area (Å²) in [7, 11) is 4.01. The fourth-order valence-electron chi connectivity index (χ4n) is 1.16. The van der Waals surface area contributed by atoms with E-state index in [4.69, 9.17) is 14.9 Å². The third-order valence-electron chi connectivity index (χ3n) is 2.07. The number of likely N-dealkylation sites (N-methyl/N-ethyl adjacent to an activating group) is 1. The van der Waals surface area contributed by atoms with Gasteiger partial charge in [0.2, 0.25) is 0 Å². The molecular weight excluding hydrogens is 196 g/mol. The largest absolute Gasteiger partial charge is 0.395 e. The lowest BCUT2D eigenvalue weighted by atomic mass is 10.4. The molecule has 0 bridgehead atoms. The van der Waals surface area contributed by atoms with Gasteiger partial charge in [0, 0.05) is 26.2 Å². The average molecular weight is 220 g/mol. The smallest absolute Gasteiger partial charge is 0.0594 e. The summed E-state index contributed by atoms with van der Waals surface area (Å²) < 4.78 is 5.42. The van der Waals surface area contributed by atoms with Crippen molar-refractivity contribution in [1.82, 2.24) is 9.80 Å². The molecule has 0 rings (SSSR count). The summed E-state index contributed by atoms with van der Waals surface area (Å²) in [5.74, 6) is 0. The van der Waals surface area contributed by atoms with Gasteiger partial charge in [-0.3, -0.25) is 4.90 Å². The molecule has 0 saturated heterocycles. The van der Waals surface area contributed by atoms with Crippen LogP contribution in [0.3, 0.4) is 0 Å². The Kier molecular flexibility index (Phi) is 10.2. The molecule has 5 heteroatoms. The molecule has 0 spiro atoms. The molecule has 0 heterocycles. The SMILES string of the molecule is CN(C)CCOCCN(CCO)CCO. The van der Waals surface area contributed by atoms with Crippen LogP contribution in [0, 0.1) is 0 Å². The topological polar surface area (TPSA) is 56.2 Å². The zero-order chi connectivity index (χ0) is 11.5. The highest BCUT2D eigenvalue weighted by Crippen LogP contribution is 1.88. The molecule has 92 valence electrons. The second kappa shape index (κ2) is 10.3. The van der Waals surface area contributed by atoms with E-state index in [1.54, 1.807) is 0 Å².